The molecule has 0 unspecified atom stereocenters. The Morgan fingerprint density at radius 2 is 1.59 bits per heavy atom. The van der Waals surface area contributed by atoms with Crippen LogP contribution >= 0.6 is 23.2 Å². The molecule has 2 N–H and O–H groups in total. The zero-order valence-electron chi connectivity index (χ0n) is 21.0. The molecule has 0 heterocycles. The van der Waals surface area contributed by atoms with Gasteiger partial charge >= 0.3 is 0 Å². The van der Waals surface area contributed by atoms with Crippen molar-refractivity contribution < 1.29 is 13.2 Å². The molecule has 0 fully saturated rings. The molecular weight excluding hydrogens is 555 g/mol. The lowest BCUT2D eigenvalue weighted by Gasteiger charge is -2.23. The van der Waals surface area contributed by atoms with E-state index in [1.165, 1.54) is 36.0 Å². The number of carbonyl (C=O) groups is 1. The van der Waals surface area contributed by atoms with Gasteiger partial charge in [-0.05, 0) is 60.5 Å². The van der Waals surface area contributed by atoms with Gasteiger partial charge in [-0.1, -0.05) is 77.8 Å². The van der Waals surface area contributed by atoms with E-state index < -0.39 is 15.9 Å². The first-order valence-electron chi connectivity index (χ1n) is 12.1. The van der Waals surface area contributed by atoms with E-state index in [0.29, 0.717) is 0 Å². The first-order chi connectivity index (χ1) is 18.8. The van der Waals surface area contributed by atoms with Gasteiger partial charge in [0, 0.05) is 24.3 Å². The third-order valence-corrected chi connectivity index (χ3v) is 8.01. The van der Waals surface area contributed by atoms with E-state index in [9.17, 15) is 13.2 Å². The molecule has 200 valence electrons. The van der Waals surface area contributed by atoms with Crippen molar-refractivity contribution in [1.82, 2.24) is 5.43 Å². The molecular formula is C29H26Cl2N4O3S. The van der Waals surface area contributed by atoms with Crippen molar-refractivity contribution in [2.45, 2.75) is 18.4 Å². The van der Waals surface area contributed by atoms with Gasteiger partial charge in [-0.25, -0.2) is 13.8 Å². The average molecular weight is 582 g/mol. The number of carbonyl (C=O) groups excluding carboxylic acids is 1. The maximum atomic E-state index is 12.9. The maximum absolute atomic E-state index is 12.9. The van der Waals surface area contributed by atoms with Gasteiger partial charge in [0.15, 0.2) is 0 Å². The topological polar surface area (TPSA) is 90.9 Å². The average Bonchev–Trinajstić information content (AvgIpc) is 2.94. The summed E-state index contributed by atoms with van der Waals surface area (Å²) in [7, 11) is -4.11. The summed E-state index contributed by atoms with van der Waals surface area (Å²) < 4.78 is 28.3. The lowest BCUT2D eigenvalue weighted by molar-refractivity contribution is 0.0955. The van der Waals surface area contributed by atoms with Crippen LogP contribution in [0.2, 0.25) is 10.0 Å². The Morgan fingerprint density at radius 1 is 0.897 bits per heavy atom. The monoisotopic (exact) mass is 580 g/mol. The van der Waals surface area contributed by atoms with Crippen molar-refractivity contribution in [2.75, 3.05) is 16.2 Å². The van der Waals surface area contributed by atoms with Gasteiger partial charge in [-0.2, -0.15) is 5.10 Å². The molecule has 0 aliphatic carbocycles. The van der Waals surface area contributed by atoms with Crippen molar-refractivity contribution in [2.24, 2.45) is 5.10 Å². The summed E-state index contributed by atoms with van der Waals surface area (Å²) in [6, 6.07) is 28.4. The second-order valence-electron chi connectivity index (χ2n) is 8.52. The minimum absolute atomic E-state index is 0.0388. The highest BCUT2D eigenvalue weighted by Crippen LogP contribution is 2.28. The van der Waals surface area contributed by atoms with E-state index in [1.54, 1.807) is 18.2 Å². The van der Waals surface area contributed by atoms with Crippen LogP contribution in [-0.2, 0) is 16.6 Å². The molecule has 0 aliphatic heterocycles. The summed E-state index contributed by atoms with van der Waals surface area (Å²) in [5.74, 6) is -0.589. The van der Waals surface area contributed by atoms with Gasteiger partial charge in [-0.15, -0.1) is 0 Å². The van der Waals surface area contributed by atoms with Gasteiger partial charge in [0.25, 0.3) is 15.9 Å². The predicted molar refractivity (Wildman–Crippen MR) is 158 cm³/mol. The highest BCUT2D eigenvalue weighted by atomic mass is 35.5. The van der Waals surface area contributed by atoms with Crippen molar-refractivity contribution in [1.29, 1.82) is 0 Å². The summed E-state index contributed by atoms with van der Waals surface area (Å²) in [4.78, 5) is 14.7. The van der Waals surface area contributed by atoms with Crippen LogP contribution in [0.15, 0.2) is 107 Å². The first kappa shape index (κ1) is 28.2. The Bertz CT molecular complexity index is 1580. The zero-order valence-corrected chi connectivity index (χ0v) is 23.3. The number of hydrogen-bond acceptors (Lipinski definition) is 5. The minimum atomic E-state index is -4.11. The molecule has 0 aliphatic rings. The summed E-state index contributed by atoms with van der Waals surface area (Å²) in [5, 5.41) is 4.21. The lowest BCUT2D eigenvalue weighted by Crippen LogP contribution is -2.21. The van der Waals surface area contributed by atoms with Gasteiger partial charge in [0.05, 0.1) is 21.9 Å². The van der Waals surface area contributed by atoms with Crippen LogP contribution in [0.1, 0.15) is 28.4 Å². The van der Waals surface area contributed by atoms with Gasteiger partial charge in [0.2, 0.25) is 0 Å². The first-order valence-corrected chi connectivity index (χ1v) is 14.3. The molecule has 10 heteroatoms. The maximum Gasteiger partial charge on any atom is 0.271 e. The number of amides is 1. The number of benzene rings is 4. The van der Waals surface area contributed by atoms with Crippen LogP contribution in [0, 0.1) is 0 Å². The van der Waals surface area contributed by atoms with E-state index in [0.717, 1.165) is 24.3 Å². The van der Waals surface area contributed by atoms with E-state index in [-0.39, 0.29) is 26.2 Å². The number of anilines is 2. The normalized spacial score (nSPS) is 11.4. The fraction of sp³-hybridized carbons (Fsp3) is 0.103. The van der Waals surface area contributed by atoms with Crippen molar-refractivity contribution >= 4 is 56.7 Å². The second kappa shape index (κ2) is 12.8. The summed E-state index contributed by atoms with van der Waals surface area (Å²) >= 11 is 12.2. The van der Waals surface area contributed by atoms with Crippen molar-refractivity contribution in [3.63, 3.8) is 0 Å². The standard InChI is InChI=1S/C29H26Cl2N4O3S/c1-2-35(20-22-8-4-3-5-9-22)24-15-12-21(13-16-24)19-32-33-29(36)23-14-17-26(31)28(18-23)39(37,38)34-27-11-7-6-10-25(27)30/h3-19,34H,2,20H2,1H3,(H,33,36)/b32-19-. The molecule has 0 atom stereocenters. The molecule has 0 aromatic heterocycles. The van der Waals surface area contributed by atoms with Gasteiger partial charge in [-0.3, -0.25) is 9.52 Å². The summed E-state index contributed by atoms with van der Waals surface area (Å²) in [6.07, 6.45) is 1.52. The molecule has 0 radical (unpaired) electrons. The number of para-hydroxylation sites is 1. The van der Waals surface area contributed by atoms with E-state index in [1.807, 2.05) is 42.5 Å². The molecule has 0 saturated carbocycles. The number of nitrogens with zero attached hydrogens (tertiary/aromatic N) is 2. The highest BCUT2D eigenvalue weighted by Gasteiger charge is 2.21. The number of hydrogen-bond donors (Lipinski definition) is 2. The number of sulfonamides is 1. The minimum Gasteiger partial charge on any atom is -0.367 e. The second-order valence-corrected chi connectivity index (χ2v) is 11.0. The van der Waals surface area contributed by atoms with Crippen LogP contribution in [0.4, 0.5) is 11.4 Å². The molecule has 0 saturated heterocycles. The van der Waals surface area contributed by atoms with Crippen LogP contribution in [0.3, 0.4) is 0 Å². The van der Waals surface area contributed by atoms with E-state index in [4.69, 9.17) is 23.2 Å². The fourth-order valence-electron chi connectivity index (χ4n) is 3.78. The van der Waals surface area contributed by atoms with Crippen LogP contribution in [0.5, 0.6) is 0 Å². The smallest absolute Gasteiger partial charge is 0.271 e. The SMILES string of the molecule is CCN(Cc1ccccc1)c1ccc(/C=N\NC(=O)c2ccc(Cl)c(S(=O)(=O)Nc3ccccc3Cl)c2)cc1. The summed E-state index contributed by atoms with van der Waals surface area (Å²) in [5.41, 5.74) is 5.79. The Morgan fingerprint density at radius 3 is 2.28 bits per heavy atom. The summed E-state index contributed by atoms with van der Waals surface area (Å²) in [6.45, 7) is 3.76. The largest absolute Gasteiger partial charge is 0.367 e. The van der Waals surface area contributed by atoms with Crippen molar-refractivity contribution in [3.05, 3.63) is 124 Å². The third kappa shape index (κ3) is 7.38. The third-order valence-electron chi connectivity index (χ3n) is 5.84. The van der Waals surface area contributed by atoms with Gasteiger partial charge in [0.1, 0.15) is 4.90 Å². The molecule has 39 heavy (non-hydrogen) atoms. The van der Waals surface area contributed by atoms with Crippen LogP contribution in [0.25, 0.3) is 0 Å². The van der Waals surface area contributed by atoms with Crippen LogP contribution in [-0.4, -0.2) is 27.1 Å². The molecule has 4 aromatic carbocycles. The molecule has 1 amide bonds. The number of nitrogens with one attached hydrogen (secondary N) is 2. The molecule has 0 spiro atoms. The highest BCUT2D eigenvalue weighted by molar-refractivity contribution is 7.92. The zero-order chi connectivity index (χ0) is 27.8. The molecule has 4 rings (SSSR count). The van der Waals surface area contributed by atoms with E-state index >= 15 is 0 Å². The number of halogens is 2. The number of rotatable bonds is 10. The molecule has 4 aromatic rings. The lowest BCUT2D eigenvalue weighted by atomic mass is 10.1. The quantitative estimate of drug-likeness (QED) is 0.163. The Hall–Kier alpha value is -3.85. The molecule has 7 nitrogen and oxygen atoms in total. The van der Waals surface area contributed by atoms with Gasteiger partial charge < -0.3 is 4.90 Å². The van der Waals surface area contributed by atoms with Crippen LogP contribution < -0.4 is 15.0 Å². The predicted octanol–water partition coefficient (Wildman–Crippen LogP) is 6.58. The van der Waals surface area contributed by atoms with E-state index in [2.05, 4.69) is 39.2 Å². The van der Waals surface area contributed by atoms with Crippen molar-refractivity contribution in [3.8, 4) is 0 Å². The Labute approximate surface area is 238 Å². The Balaban J connectivity index is 1.41. The Kier molecular flexibility index (Phi) is 9.24. The molecule has 0 bridgehead atoms. The number of hydrazone groups is 1. The fourth-order valence-corrected chi connectivity index (χ4v) is 5.63.